The highest BCUT2D eigenvalue weighted by Gasteiger charge is 2.27. The monoisotopic (exact) mass is 388 g/mol. The third-order valence-electron chi connectivity index (χ3n) is 5.02. The van der Waals surface area contributed by atoms with E-state index in [0.717, 1.165) is 42.2 Å². The van der Waals surface area contributed by atoms with Crippen LogP contribution in [-0.2, 0) is 4.79 Å². The Hall–Kier alpha value is -3.35. The van der Waals surface area contributed by atoms with Crippen LogP contribution in [0.1, 0.15) is 24.2 Å². The van der Waals surface area contributed by atoms with Gasteiger partial charge in [0, 0.05) is 48.5 Å². The van der Waals surface area contributed by atoms with E-state index >= 15 is 0 Å². The molecule has 3 aromatic heterocycles. The first-order chi connectivity index (χ1) is 14.1. The first-order valence-corrected chi connectivity index (χ1v) is 9.84. The average molecular weight is 388 g/mol. The molecule has 7 heteroatoms. The summed E-state index contributed by atoms with van der Waals surface area (Å²) in [4.78, 5) is 32.8. The van der Waals surface area contributed by atoms with Gasteiger partial charge in [-0.05, 0) is 51.0 Å². The summed E-state index contributed by atoms with van der Waals surface area (Å²) >= 11 is 0. The molecule has 1 amide bonds. The van der Waals surface area contributed by atoms with E-state index in [1.54, 1.807) is 12.4 Å². The number of aryl methyl sites for hydroxylation is 2. The second-order valence-corrected chi connectivity index (χ2v) is 7.37. The Morgan fingerprint density at radius 3 is 2.79 bits per heavy atom. The average Bonchev–Trinajstić information content (AvgIpc) is 2.74. The van der Waals surface area contributed by atoms with Crippen molar-refractivity contribution in [3.63, 3.8) is 0 Å². The van der Waals surface area contributed by atoms with E-state index in [1.165, 1.54) is 0 Å². The van der Waals surface area contributed by atoms with Crippen molar-refractivity contribution in [1.82, 2.24) is 19.9 Å². The summed E-state index contributed by atoms with van der Waals surface area (Å²) in [5.41, 5.74) is 2.66. The van der Waals surface area contributed by atoms with Crippen LogP contribution in [0.3, 0.4) is 0 Å². The number of piperidine rings is 1. The zero-order chi connectivity index (χ0) is 20.2. The molecule has 1 atom stereocenters. The van der Waals surface area contributed by atoms with Crippen LogP contribution in [0, 0.1) is 19.8 Å². The molecule has 1 aliphatic heterocycles. The van der Waals surface area contributed by atoms with Gasteiger partial charge in [-0.25, -0.2) is 15.0 Å². The Morgan fingerprint density at radius 1 is 1.10 bits per heavy atom. The van der Waals surface area contributed by atoms with E-state index in [2.05, 4.69) is 25.2 Å². The molecule has 0 radical (unpaired) electrons. The first kappa shape index (κ1) is 19.0. The Kier molecular flexibility index (Phi) is 5.46. The molecule has 3 aromatic rings. The number of carbonyl (C=O) groups is 1. The van der Waals surface area contributed by atoms with Gasteiger partial charge in [-0.15, -0.1) is 0 Å². The summed E-state index contributed by atoms with van der Waals surface area (Å²) in [6.45, 7) is 5.37. The van der Waals surface area contributed by atoms with E-state index in [4.69, 9.17) is 4.98 Å². The highest BCUT2D eigenvalue weighted by atomic mass is 16.2. The SMILES string of the molecule is Cc1cccc(NC(=O)C2CCCN(c3cc(C)nc(-c4cccnc4)n3)C2)n1. The number of anilines is 2. The van der Waals surface area contributed by atoms with E-state index in [1.807, 2.05) is 50.2 Å². The second kappa shape index (κ2) is 8.34. The zero-order valence-electron chi connectivity index (χ0n) is 16.7. The molecule has 1 aliphatic rings. The smallest absolute Gasteiger partial charge is 0.230 e. The molecular weight excluding hydrogens is 364 g/mol. The number of hydrogen-bond donors (Lipinski definition) is 1. The minimum atomic E-state index is -0.108. The largest absolute Gasteiger partial charge is 0.356 e. The van der Waals surface area contributed by atoms with Crippen molar-refractivity contribution in [3.8, 4) is 11.4 Å². The lowest BCUT2D eigenvalue weighted by molar-refractivity contribution is -0.120. The lowest BCUT2D eigenvalue weighted by atomic mass is 9.97. The molecule has 7 nitrogen and oxygen atoms in total. The van der Waals surface area contributed by atoms with Gasteiger partial charge in [0.25, 0.3) is 0 Å². The van der Waals surface area contributed by atoms with Crippen LogP contribution in [0.15, 0.2) is 48.8 Å². The quantitative estimate of drug-likeness (QED) is 0.737. The normalized spacial score (nSPS) is 16.5. The number of carbonyl (C=O) groups excluding carboxylic acids is 1. The molecule has 1 unspecified atom stereocenters. The standard InChI is InChI=1S/C22H24N6O/c1-15-6-3-9-19(24-15)26-22(29)18-8-5-11-28(14-18)20-12-16(2)25-21(27-20)17-7-4-10-23-13-17/h3-4,6-7,9-10,12-13,18H,5,8,11,14H2,1-2H3,(H,24,26,29). The second-order valence-electron chi connectivity index (χ2n) is 7.37. The Bertz CT molecular complexity index is 1010. The van der Waals surface area contributed by atoms with Gasteiger partial charge in [-0.1, -0.05) is 6.07 Å². The summed E-state index contributed by atoms with van der Waals surface area (Å²) in [6, 6.07) is 11.4. The molecule has 1 N–H and O–H groups in total. The maximum atomic E-state index is 12.8. The molecular formula is C22H24N6O. The number of amides is 1. The summed E-state index contributed by atoms with van der Waals surface area (Å²) in [7, 11) is 0. The molecule has 0 aliphatic carbocycles. The molecule has 4 heterocycles. The number of aromatic nitrogens is 4. The van der Waals surface area contributed by atoms with Crippen LogP contribution in [0.25, 0.3) is 11.4 Å². The summed E-state index contributed by atoms with van der Waals surface area (Å²) in [5.74, 6) is 2.00. The van der Waals surface area contributed by atoms with E-state index in [0.29, 0.717) is 18.2 Å². The van der Waals surface area contributed by atoms with Crippen molar-refractivity contribution >= 4 is 17.5 Å². The Morgan fingerprint density at radius 2 is 2.00 bits per heavy atom. The predicted octanol–water partition coefficient (Wildman–Crippen LogP) is 3.41. The van der Waals surface area contributed by atoms with Gasteiger partial charge in [0.1, 0.15) is 11.6 Å². The zero-order valence-corrected chi connectivity index (χ0v) is 16.7. The van der Waals surface area contributed by atoms with Gasteiger partial charge in [-0.3, -0.25) is 9.78 Å². The van der Waals surface area contributed by atoms with Crippen LogP contribution >= 0.6 is 0 Å². The topological polar surface area (TPSA) is 83.9 Å². The van der Waals surface area contributed by atoms with Gasteiger partial charge < -0.3 is 10.2 Å². The van der Waals surface area contributed by atoms with Crippen molar-refractivity contribution < 1.29 is 4.79 Å². The van der Waals surface area contributed by atoms with Crippen LogP contribution < -0.4 is 10.2 Å². The molecule has 1 saturated heterocycles. The minimum Gasteiger partial charge on any atom is -0.356 e. The van der Waals surface area contributed by atoms with E-state index < -0.39 is 0 Å². The van der Waals surface area contributed by atoms with E-state index in [9.17, 15) is 4.79 Å². The minimum absolute atomic E-state index is 0.00561. The summed E-state index contributed by atoms with van der Waals surface area (Å²) < 4.78 is 0. The molecule has 148 valence electrons. The number of nitrogens with one attached hydrogen (secondary N) is 1. The summed E-state index contributed by atoms with van der Waals surface area (Å²) in [6.07, 6.45) is 5.29. The molecule has 0 spiro atoms. The Labute approximate surface area is 170 Å². The van der Waals surface area contributed by atoms with Gasteiger partial charge in [0.05, 0.1) is 5.92 Å². The molecule has 0 aromatic carbocycles. The van der Waals surface area contributed by atoms with Crippen LogP contribution in [0.5, 0.6) is 0 Å². The lowest BCUT2D eigenvalue weighted by Gasteiger charge is -2.33. The van der Waals surface area contributed by atoms with Crippen LogP contribution in [0.2, 0.25) is 0 Å². The van der Waals surface area contributed by atoms with E-state index in [-0.39, 0.29) is 11.8 Å². The number of rotatable bonds is 4. The van der Waals surface area contributed by atoms with Gasteiger partial charge in [0.2, 0.25) is 5.91 Å². The fraction of sp³-hybridized carbons (Fsp3) is 0.318. The highest BCUT2D eigenvalue weighted by Crippen LogP contribution is 2.25. The van der Waals surface area contributed by atoms with Crippen molar-refractivity contribution in [1.29, 1.82) is 0 Å². The molecule has 4 rings (SSSR count). The van der Waals surface area contributed by atoms with Crippen molar-refractivity contribution in [2.75, 3.05) is 23.3 Å². The lowest BCUT2D eigenvalue weighted by Crippen LogP contribution is -2.41. The van der Waals surface area contributed by atoms with Crippen LogP contribution in [0.4, 0.5) is 11.6 Å². The Balaban J connectivity index is 1.51. The first-order valence-electron chi connectivity index (χ1n) is 9.84. The van der Waals surface area contributed by atoms with Gasteiger partial charge in [0.15, 0.2) is 5.82 Å². The van der Waals surface area contributed by atoms with Crippen molar-refractivity contribution in [3.05, 3.63) is 60.2 Å². The van der Waals surface area contributed by atoms with Gasteiger partial charge >= 0.3 is 0 Å². The molecule has 1 fully saturated rings. The fourth-order valence-electron chi connectivity index (χ4n) is 3.58. The fourth-order valence-corrected chi connectivity index (χ4v) is 3.58. The maximum absolute atomic E-state index is 12.8. The number of nitrogens with zero attached hydrogens (tertiary/aromatic N) is 5. The maximum Gasteiger partial charge on any atom is 0.230 e. The van der Waals surface area contributed by atoms with Crippen molar-refractivity contribution in [2.24, 2.45) is 5.92 Å². The number of hydrogen-bond acceptors (Lipinski definition) is 6. The van der Waals surface area contributed by atoms with Crippen molar-refractivity contribution in [2.45, 2.75) is 26.7 Å². The third-order valence-corrected chi connectivity index (χ3v) is 5.02. The molecule has 0 bridgehead atoms. The van der Waals surface area contributed by atoms with Crippen LogP contribution in [-0.4, -0.2) is 38.9 Å². The third kappa shape index (κ3) is 4.56. The van der Waals surface area contributed by atoms with Gasteiger partial charge in [-0.2, -0.15) is 0 Å². The molecule has 29 heavy (non-hydrogen) atoms. The molecule has 0 saturated carbocycles. The predicted molar refractivity (Wildman–Crippen MR) is 113 cm³/mol. The number of pyridine rings is 2. The highest BCUT2D eigenvalue weighted by molar-refractivity contribution is 5.92. The summed E-state index contributed by atoms with van der Waals surface area (Å²) in [5, 5.41) is 2.96.